The van der Waals surface area contributed by atoms with Crippen LogP contribution in [0.2, 0.25) is 0 Å². The summed E-state index contributed by atoms with van der Waals surface area (Å²) in [4.78, 5) is 6.93. The molecule has 3 heterocycles. The van der Waals surface area contributed by atoms with Crippen molar-refractivity contribution in [3.8, 4) is 0 Å². The minimum atomic E-state index is 0.333. The molecule has 0 radical (unpaired) electrons. The molecular formula is C18H29N5O. The van der Waals surface area contributed by atoms with Gasteiger partial charge in [0.25, 0.3) is 0 Å². The molecule has 1 saturated heterocycles. The maximum Gasteiger partial charge on any atom is 0.157 e. The Balaban J connectivity index is 1.96. The second-order valence-electron chi connectivity index (χ2n) is 7.20. The zero-order valence-corrected chi connectivity index (χ0v) is 15.5. The topological polar surface area (TPSA) is 54.7 Å². The number of aryl methyl sites for hydroxylation is 1. The number of hydrogen-bond donors (Lipinski definition) is 1. The molecule has 0 amide bonds. The molecule has 0 saturated carbocycles. The van der Waals surface area contributed by atoms with Crippen molar-refractivity contribution in [1.82, 2.24) is 19.5 Å². The van der Waals surface area contributed by atoms with Gasteiger partial charge in [0.05, 0.1) is 5.69 Å². The first-order valence-corrected chi connectivity index (χ1v) is 8.81. The molecule has 2 aromatic heterocycles. The van der Waals surface area contributed by atoms with E-state index in [9.17, 15) is 0 Å². The fourth-order valence-corrected chi connectivity index (χ4v) is 3.41. The van der Waals surface area contributed by atoms with Crippen LogP contribution in [0.4, 0.5) is 5.82 Å². The molecule has 2 aromatic rings. The van der Waals surface area contributed by atoms with Gasteiger partial charge in [0.1, 0.15) is 5.82 Å². The molecule has 1 aliphatic rings. The molecule has 1 atom stereocenters. The quantitative estimate of drug-likeness (QED) is 0.913. The number of ether oxygens (including phenoxy) is 1. The van der Waals surface area contributed by atoms with Crippen molar-refractivity contribution >= 4 is 11.5 Å². The van der Waals surface area contributed by atoms with E-state index >= 15 is 0 Å². The molecule has 3 rings (SSSR count). The van der Waals surface area contributed by atoms with Gasteiger partial charge in [0.2, 0.25) is 0 Å². The van der Waals surface area contributed by atoms with Gasteiger partial charge in [-0.2, -0.15) is 9.61 Å². The van der Waals surface area contributed by atoms with Gasteiger partial charge in [0, 0.05) is 49.0 Å². The van der Waals surface area contributed by atoms with Crippen molar-refractivity contribution in [1.29, 1.82) is 0 Å². The monoisotopic (exact) mass is 331 g/mol. The van der Waals surface area contributed by atoms with E-state index in [-0.39, 0.29) is 0 Å². The third kappa shape index (κ3) is 3.54. The molecule has 0 aliphatic carbocycles. The Kier molecular flexibility index (Phi) is 5.06. The zero-order valence-electron chi connectivity index (χ0n) is 15.5. The van der Waals surface area contributed by atoms with Gasteiger partial charge >= 0.3 is 0 Å². The van der Waals surface area contributed by atoms with Crippen molar-refractivity contribution in [2.24, 2.45) is 0 Å². The maximum atomic E-state index is 5.48. The second-order valence-corrected chi connectivity index (χ2v) is 7.20. The van der Waals surface area contributed by atoms with Gasteiger partial charge in [-0.1, -0.05) is 0 Å². The van der Waals surface area contributed by atoms with Crippen LogP contribution < -0.4 is 5.32 Å². The predicted octanol–water partition coefficient (Wildman–Crippen LogP) is 2.60. The summed E-state index contributed by atoms with van der Waals surface area (Å²) in [6.07, 6.45) is 2.09. The van der Waals surface area contributed by atoms with Crippen LogP contribution in [0, 0.1) is 13.8 Å². The van der Waals surface area contributed by atoms with Gasteiger partial charge in [-0.3, -0.25) is 0 Å². The van der Waals surface area contributed by atoms with Crippen molar-refractivity contribution in [3.63, 3.8) is 0 Å². The normalized spacial score (nSPS) is 17.6. The van der Waals surface area contributed by atoms with E-state index in [0.29, 0.717) is 12.0 Å². The van der Waals surface area contributed by atoms with Gasteiger partial charge in [-0.05, 0) is 47.7 Å². The predicted molar refractivity (Wildman–Crippen MR) is 96.9 cm³/mol. The Labute approximate surface area is 144 Å². The van der Waals surface area contributed by atoms with Crippen LogP contribution in [0.3, 0.4) is 0 Å². The summed E-state index contributed by atoms with van der Waals surface area (Å²) in [5.41, 5.74) is 4.29. The summed E-state index contributed by atoms with van der Waals surface area (Å²) in [5.74, 6) is 1.54. The molecule has 0 aromatic carbocycles. The fourth-order valence-electron chi connectivity index (χ4n) is 3.41. The molecule has 0 bridgehead atoms. The minimum absolute atomic E-state index is 0.333. The number of aromatic nitrogens is 3. The third-order valence-corrected chi connectivity index (χ3v) is 4.76. The highest BCUT2D eigenvalue weighted by Crippen LogP contribution is 2.28. The van der Waals surface area contributed by atoms with Gasteiger partial charge in [-0.15, -0.1) is 0 Å². The number of hydrogen-bond acceptors (Lipinski definition) is 5. The smallest absolute Gasteiger partial charge is 0.157 e. The molecule has 1 aliphatic heterocycles. The molecule has 6 heteroatoms. The van der Waals surface area contributed by atoms with Crippen LogP contribution in [0.1, 0.15) is 42.6 Å². The highest BCUT2D eigenvalue weighted by molar-refractivity contribution is 5.56. The number of rotatable bonds is 5. The Morgan fingerprint density at radius 1 is 1.33 bits per heavy atom. The van der Waals surface area contributed by atoms with E-state index in [1.807, 2.05) is 4.52 Å². The van der Waals surface area contributed by atoms with E-state index < -0.39 is 0 Å². The summed E-state index contributed by atoms with van der Waals surface area (Å²) in [7, 11) is 4.19. The van der Waals surface area contributed by atoms with Crippen LogP contribution in [-0.4, -0.2) is 59.4 Å². The number of nitrogens with zero attached hydrogens (tertiary/aromatic N) is 4. The lowest BCUT2D eigenvalue weighted by atomic mass is 9.97. The SMILES string of the molecule is Cc1nc2cc(C3CCOCC3)nn2c(NC(C)CN(C)C)c1C. The Morgan fingerprint density at radius 3 is 2.71 bits per heavy atom. The van der Waals surface area contributed by atoms with E-state index in [1.54, 1.807) is 0 Å². The summed E-state index contributed by atoms with van der Waals surface area (Å²) in [5, 5.41) is 8.53. The summed E-state index contributed by atoms with van der Waals surface area (Å²) in [6, 6.07) is 2.48. The molecule has 0 spiro atoms. The van der Waals surface area contributed by atoms with Crippen molar-refractivity contribution < 1.29 is 4.74 Å². The standard InChI is InChI=1S/C18H29N5O/c1-12(11-22(4)5)19-18-13(2)14(3)20-17-10-16(21-23(17)18)15-6-8-24-9-7-15/h10,12,15,19H,6-9,11H2,1-5H3. The van der Waals surface area contributed by atoms with E-state index in [2.05, 4.69) is 51.1 Å². The summed E-state index contributed by atoms with van der Waals surface area (Å²) < 4.78 is 7.47. The van der Waals surface area contributed by atoms with Crippen molar-refractivity contribution in [3.05, 3.63) is 23.0 Å². The molecule has 1 N–H and O–H groups in total. The van der Waals surface area contributed by atoms with Gasteiger partial charge in [-0.25, -0.2) is 4.98 Å². The van der Waals surface area contributed by atoms with Gasteiger partial charge < -0.3 is 15.0 Å². The number of likely N-dealkylation sites (N-methyl/N-ethyl adjacent to an activating group) is 1. The highest BCUT2D eigenvalue weighted by Gasteiger charge is 2.21. The Morgan fingerprint density at radius 2 is 2.04 bits per heavy atom. The van der Waals surface area contributed by atoms with E-state index in [1.165, 1.54) is 0 Å². The van der Waals surface area contributed by atoms with Crippen molar-refractivity contribution in [2.75, 3.05) is 39.2 Å². The first kappa shape index (κ1) is 17.2. The first-order valence-electron chi connectivity index (χ1n) is 8.81. The Hall–Kier alpha value is -1.66. The van der Waals surface area contributed by atoms with Crippen LogP contribution in [0.15, 0.2) is 6.07 Å². The van der Waals surface area contributed by atoms with Gasteiger partial charge in [0.15, 0.2) is 5.65 Å². The van der Waals surface area contributed by atoms with Crippen LogP contribution in [0.25, 0.3) is 5.65 Å². The highest BCUT2D eigenvalue weighted by atomic mass is 16.5. The van der Waals surface area contributed by atoms with E-state index in [0.717, 1.165) is 61.0 Å². The largest absolute Gasteiger partial charge is 0.381 e. The minimum Gasteiger partial charge on any atom is -0.381 e. The third-order valence-electron chi connectivity index (χ3n) is 4.76. The lowest BCUT2D eigenvalue weighted by Gasteiger charge is -2.22. The number of anilines is 1. The molecule has 132 valence electrons. The molecule has 1 fully saturated rings. The first-order chi connectivity index (χ1) is 11.5. The average Bonchev–Trinajstić information content (AvgIpc) is 2.95. The van der Waals surface area contributed by atoms with Crippen LogP contribution >= 0.6 is 0 Å². The molecule has 24 heavy (non-hydrogen) atoms. The fraction of sp³-hybridized carbons (Fsp3) is 0.667. The lowest BCUT2D eigenvalue weighted by molar-refractivity contribution is 0.0844. The molecule has 1 unspecified atom stereocenters. The summed E-state index contributed by atoms with van der Waals surface area (Å²) >= 11 is 0. The maximum absolute atomic E-state index is 5.48. The lowest BCUT2D eigenvalue weighted by Crippen LogP contribution is -2.31. The average molecular weight is 331 g/mol. The zero-order chi connectivity index (χ0) is 17.3. The molecular weight excluding hydrogens is 302 g/mol. The Bertz CT molecular complexity index is 703. The number of nitrogens with one attached hydrogen (secondary N) is 1. The number of fused-ring (bicyclic) bond motifs is 1. The van der Waals surface area contributed by atoms with Crippen LogP contribution in [0.5, 0.6) is 0 Å². The van der Waals surface area contributed by atoms with E-state index in [4.69, 9.17) is 14.8 Å². The molecule has 6 nitrogen and oxygen atoms in total. The van der Waals surface area contributed by atoms with Crippen LogP contribution in [-0.2, 0) is 4.74 Å². The van der Waals surface area contributed by atoms with Crippen molar-refractivity contribution in [2.45, 2.75) is 45.6 Å². The second kappa shape index (κ2) is 7.07. The summed E-state index contributed by atoms with van der Waals surface area (Å²) in [6.45, 7) is 9.00.